The second kappa shape index (κ2) is 3.48. The van der Waals surface area contributed by atoms with Crippen LogP contribution < -0.4 is 5.32 Å². The van der Waals surface area contributed by atoms with Gasteiger partial charge in [0.15, 0.2) is 0 Å². The number of rotatable bonds is 1. The van der Waals surface area contributed by atoms with Gasteiger partial charge in [-0.1, -0.05) is 28.1 Å². The van der Waals surface area contributed by atoms with Crippen LogP contribution in [0.3, 0.4) is 0 Å². The van der Waals surface area contributed by atoms with E-state index in [9.17, 15) is 4.79 Å². The average molecular weight is 254 g/mol. The second-order valence-corrected chi connectivity index (χ2v) is 4.83. The number of nitrogens with one attached hydrogen (secondary N) is 1. The third kappa shape index (κ3) is 1.74. The largest absolute Gasteiger partial charge is 0.300 e. The summed E-state index contributed by atoms with van der Waals surface area (Å²) in [7, 11) is 0. The molecule has 3 heteroatoms. The molecule has 1 aromatic carbocycles. The molecule has 14 heavy (non-hydrogen) atoms. The smallest absolute Gasteiger partial charge is 0.148 e. The number of hydrogen-bond acceptors (Lipinski definition) is 2. The third-order valence-electron chi connectivity index (χ3n) is 2.69. The quantitative estimate of drug-likeness (QED) is 0.832. The molecule has 1 atom stereocenters. The maximum Gasteiger partial charge on any atom is 0.148 e. The molecule has 1 heterocycles. The second-order valence-electron chi connectivity index (χ2n) is 3.91. The van der Waals surface area contributed by atoms with Gasteiger partial charge in [0.1, 0.15) is 5.78 Å². The van der Waals surface area contributed by atoms with E-state index in [2.05, 4.69) is 40.3 Å². The molecule has 1 aliphatic rings. The van der Waals surface area contributed by atoms with Crippen LogP contribution in [-0.4, -0.2) is 12.3 Å². The van der Waals surface area contributed by atoms with Gasteiger partial charge in [-0.3, -0.25) is 4.79 Å². The molecule has 0 saturated carbocycles. The maximum atomic E-state index is 11.2. The van der Waals surface area contributed by atoms with Crippen LogP contribution in [0.5, 0.6) is 0 Å². The SMILES string of the molecule is CC1(c2cccc(Br)c2)CC(=O)CN1. The van der Waals surface area contributed by atoms with Crippen LogP contribution in [0, 0.1) is 0 Å². The van der Waals surface area contributed by atoms with E-state index in [0.717, 1.165) is 10.0 Å². The van der Waals surface area contributed by atoms with Gasteiger partial charge in [0, 0.05) is 16.4 Å². The molecular weight excluding hydrogens is 242 g/mol. The Morgan fingerprint density at radius 1 is 1.50 bits per heavy atom. The lowest BCUT2D eigenvalue weighted by Crippen LogP contribution is -2.32. The summed E-state index contributed by atoms with van der Waals surface area (Å²) in [5, 5.41) is 3.26. The molecule has 2 rings (SSSR count). The van der Waals surface area contributed by atoms with Gasteiger partial charge in [-0.25, -0.2) is 0 Å². The molecule has 0 aromatic heterocycles. The summed E-state index contributed by atoms with van der Waals surface area (Å²) in [5.41, 5.74) is 0.985. The summed E-state index contributed by atoms with van der Waals surface area (Å²) >= 11 is 3.44. The number of benzene rings is 1. The van der Waals surface area contributed by atoms with Crippen LogP contribution in [0.25, 0.3) is 0 Å². The van der Waals surface area contributed by atoms with Gasteiger partial charge >= 0.3 is 0 Å². The fourth-order valence-electron chi connectivity index (χ4n) is 1.85. The molecule has 1 fully saturated rings. The average Bonchev–Trinajstić information content (AvgIpc) is 2.48. The van der Waals surface area contributed by atoms with Crippen molar-refractivity contribution in [3.8, 4) is 0 Å². The Morgan fingerprint density at radius 3 is 2.86 bits per heavy atom. The van der Waals surface area contributed by atoms with E-state index < -0.39 is 0 Å². The number of hydrogen-bond donors (Lipinski definition) is 1. The molecule has 1 N–H and O–H groups in total. The Labute approximate surface area is 91.8 Å². The van der Waals surface area contributed by atoms with E-state index in [-0.39, 0.29) is 11.3 Å². The normalized spacial score (nSPS) is 26.9. The highest BCUT2D eigenvalue weighted by molar-refractivity contribution is 9.10. The van der Waals surface area contributed by atoms with E-state index in [4.69, 9.17) is 0 Å². The van der Waals surface area contributed by atoms with Crippen molar-refractivity contribution in [1.82, 2.24) is 5.32 Å². The summed E-state index contributed by atoms with van der Waals surface area (Å²) in [4.78, 5) is 11.2. The molecule has 0 bridgehead atoms. The zero-order valence-electron chi connectivity index (χ0n) is 8.01. The van der Waals surface area contributed by atoms with E-state index in [0.29, 0.717) is 13.0 Å². The first-order chi connectivity index (χ1) is 6.60. The number of Topliss-reactive ketones (excluding diaryl/α,β-unsaturated/α-hetero) is 1. The predicted octanol–water partition coefficient (Wildman–Crippen LogP) is 2.23. The standard InChI is InChI=1S/C11H12BrNO/c1-11(6-10(14)7-13-11)8-3-2-4-9(12)5-8/h2-5,13H,6-7H2,1H3. The highest BCUT2D eigenvalue weighted by atomic mass is 79.9. The molecule has 1 unspecified atom stereocenters. The third-order valence-corrected chi connectivity index (χ3v) is 3.18. The summed E-state index contributed by atoms with van der Waals surface area (Å²) < 4.78 is 1.05. The molecule has 1 aromatic rings. The lowest BCUT2D eigenvalue weighted by molar-refractivity contribution is -0.116. The van der Waals surface area contributed by atoms with E-state index in [1.54, 1.807) is 0 Å². The van der Waals surface area contributed by atoms with Crippen LogP contribution in [0.2, 0.25) is 0 Å². The molecule has 2 nitrogen and oxygen atoms in total. The Kier molecular flexibility index (Phi) is 2.45. The topological polar surface area (TPSA) is 29.1 Å². The molecular formula is C11H12BrNO. The van der Waals surface area contributed by atoms with Gasteiger partial charge in [-0.15, -0.1) is 0 Å². The molecule has 0 aliphatic carbocycles. The van der Waals surface area contributed by atoms with Crippen LogP contribution in [-0.2, 0) is 10.3 Å². The van der Waals surface area contributed by atoms with Gasteiger partial charge < -0.3 is 5.32 Å². The zero-order valence-corrected chi connectivity index (χ0v) is 9.60. The minimum absolute atomic E-state index is 0.180. The molecule has 1 aliphatic heterocycles. The minimum atomic E-state index is -0.180. The molecule has 0 amide bonds. The summed E-state index contributed by atoms with van der Waals surface area (Å²) in [5.74, 6) is 0.285. The van der Waals surface area contributed by atoms with Crippen LogP contribution in [0.4, 0.5) is 0 Å². The van der Waals surface area contributed by atoms with Crippen molar-refractivity contribution in [2.24, 2.45) is 0 Å². The fourth-order valence-corrected chi connectivity index (χ4v) is 2.25. The van der Waals surface area contributed by atoms with Gasteiger partial charge in [-0.2, -0.15) is 0 Å². The highest BCUT2D eigenvalue weighted by Crippen LogP contribution is 2.30. The summed E-state index contributed by atoms with van der Waals surface area (Å²) in [6, 6.07) is 8.10. The molecule has 0 radical (unpaired) electrons. The number of carbonyl (C=O) groups excluding carboxylic acids is 1. The van der Waals surface area contributed by atoms with Crippen LogP contribution >= 0.6 is 15.9 Å². The molecule has 1 saturated heterocycles. The molecule has 74 valence electrons. The van der Waals surface area contributed by atoms with Gasteiger partial charge in [0.2, 0.25) is 0 Å². The lowest BCUT2D eigenvalue weighted by atomic mass is 9.90. The summed E-state index contributed by atoms with van der Waals surface area (Å²) in [6.07, 6.45) is 0.587. The van der Waals surface area contributed by atoms with Crippen molar-refractivity contribution in [2.45, 2.75) is 18.9 Å². The van der Waals surface area contributed by atoms with Crippen molar-refractivity contribution in [1.29, 1.82) is 0 Å². The number of halogens is 1. The van der Waals surface area contributed by atoms with Crippen molar-refractivity contribution in [3.05, 3.63) is 34.3 Å². The van der Waals surface area contributed by atoms with E-state index >= 15 is 0 Å². The Balaban J connectivity index is 2.34. The Bertz CT molecular complexity index is 377. The monoisotopic (exact) mass is 253 g/mol. The molecule has 0 spiro atoms. The fraction of sp³-hybridized carbons (Fsp3) is 0.364. The van der Waals surface area contributed by atoms with Gasteiger partial charge in [-0.05, 0) is 24.6 Å². The van der Waals surface area contributed by atoms with Crippen molar-refractivity contribution < 1.29 is 4.79 Å². The lowest BCUT2D eigenvalue weighted by Gasteiger charge is -2.24. The first-order valence-electron chi connectivity index (χ1n) is 4.63. The first-order valence-corrected chi connectivity index (χ1v) is 5.42. The number of carbonyl (C=O) groups is 1. The van der Waals surface area contributed by atoms with Crippen molar-refractivity contribution >= 4 is 21.7 Å². The van der Waals surface area contributed by atoms with Gasteiger partial charge in [0.25, 0.3) is 0 Å². The Morgan fingerprint density at radius 2 is 2.29 bits per heavy atom. The van der Waals surface area contributed by atoms with Crippen molar-refractivity contribution in [3.63, 3.8) is 0 Å². The number of ketones is 1. The van der Waals surface area contributed by atoms with Gasteiger partial charge in [0.05, 0.1) is 6.54 Å². The zero-order chi connectivity index (χ0) is 10.2. The minimum Gasteiger partial charge on any atom is -0.300 e. The van der Waals surface area contributed by atoms with E-state index in [1.165, 1.54) is 0 Å². The Hall–Kier alpha value is -0.670. The van der Waals surface area contributed by atoms with Crippen LogP contribution in [0.1, 0.15) is 18.9 Å². The maximum absolute atomic E-state index is 11.2. The van der Waals surface area contributed by atoms with Crippen LogP contribution in [0.15, 0.2) is 28.7 Å². The summed E-state index contributed by atoms with van der Waals surface area (Å²) in [6.45, 7) is 2.56. The van der Waals surface area contributed by atoms with Crippen molar-refractivity contribution in [2.75, 3.05) is 6.54 Å². The highest BCUT2D eigenvalue weighted by Gasteiger charge is 2.34. The van der Waals surface area contributed by atoms with E-state index in [1.807, 2.05) is 12.1 Å². The predicted molar refractivity (Wildman–Crippen MR) is 59.1 cm³/mol. The first kappa shape index (κ1) is 9.87.